The first kappa shape index (κ1) is 14.8. The van der Waals surface area contributed by atoms with Crippen LogP contribution in [-0.4, -0.2) is 18.2 Å². The zero-order valence-electron chi connectivity index (χ0n) is 11.2. The summed E-state index contributed by atoms with van der Waals surface area (Å²) in [6.07, 6.45) is 0. The number of ether oxygens (including phenoxy) is 1. The van der Waals surface area contributed by atoms with E-state index < -0.39 is 23.2 Å². The molecule has 0 aliphatic carbocycles. The molecule has 6 heteroatoms. The van der Waals surface area contributed by atoms with Gasteiger partial charge in [-0.2, -0.15) is 0 Å². The fourth-order valence-corrected chi connectivity index (χ4v) is 1.79. The van der Waals surface area contributed by atoms with Gasteiger partial charge in [-0.1, -0.05) is 12.1 Å². The molecule has 2 aromatic rings. The van der Waals surface area contributed by atoms with Crippen molar-refractivity contribution >= 4 is 11.7 Å². The monoisotopic (exact) mass is 293 g/mol. The number of rotatable bonds is 5. The van der Waals surface area contributed by atoms with Gasteiger partial charge in [-0.3, -0.25) is 0 Å². The molecular weight excluding hydrogens is 280 g/mol. The number of nitrogens with one attached hydrogen (secondary N) is 1. The van der Waals surface area contributed by atoms with E-state index in [1.165, 1.54) is 0 Å². The average Bonchev–Trinajstić information content (AvgIpc) is 2.46. The molecule has 0 aliphatic heterocycles. The smallest absolute Gasteiger partial charge is 0.338 e. The van der Waals surface area contributed by atoms with Gasteiger partial charge in [-0.25, -0.2) is 13.6 Å². The summed E-state index contributed by atoms with van der Waals surface area (Å²) in [6, 6.07) is 8.56. The molecule has 0 fully saturated rings. The number of aromatic carboxylic acids is 1. The van der Waals surface area contributed by atoms with Gasteiger partial charge in [0.05, 0.1) is 18.4 Å². The SMILES string of the molecule is COc1ccc(CNc2cc(C(=O)O)c(F)cc2F)cc1. The number of carboxylic acids is 1. The van der Waals surface area contributed by atoms with Crippen LogP contribution in [0.1, 0.15) is 15.9 Å². The van der Waals surface area contributed by atoms with Crippen LogP contribution in [0.2, 0.25) is 0 Å². The summed E-state index contributed by atoms with van der Waals surface area (Å²) < 4.78 is 31.9. The Labute approximate surface area is 120 Å². The maximum absolute atomic E-state index is 13.6. The molecule has 21 heavy (non-hydrogen) atoms. The Balaban J connectivity index is 2.15. The number of carbonyl (C=O) groups is 1. The highest BCUT2D eigenvalue weighted by Crippen LogP contribution is 2.21. The van der Waals surface area contributed by atoms with Crippen molar-refractivity contribution in [3.63, 3.8) is 0 Å². The summed E-state index contributed by atoms with van der Waals surface area (Å²) in [5, 5.41) is 11.6. The molecular formula is C15H13F2NO3. The molecule has 0 aliphatic rings. The topological polar surface area (TPSA) is 58.6 Å². The fraction of sp³-hybridized carbons (Fsp3) is 0.133. The molecule has 110 valence electrons. The minimum atomic E-state index is -1.44. The highest BCUT2D eigenvalue weighted by molar-refractivity contribution is 5.89. The van der Waals surface area contributed by atoms with Crippen molar-refractivity contribution in [3.05, 3.63) is 59.2 Å². The lowest BCUT2D eigenvalue weighted by Crippen LogP contribution is -2.06. The van der Waals surface area contributed by atoms with Crippen molar-refractivity contribution in [2.45, 2.75) is 6.54 Å². The Morgan fingerprint density at radius 2 is 1.86 bits per heavy atom. The molecule has 2 aromatic carbocycles. The summed E-state index contributed by atoms with van der Waals surface area (Å²) in [7, 11) is 1.55. The van der Waals surface area contributed by atoms with Crippen molar-refractivity contribution in [2.75, 3.05) is 12.4 Å². The van der Waals surface area contributed by atoms with Gasteiger partial charge in [0.1, 0.15) is 17.4 Å². The molecule has 0 atom stereocenters. The van der Waals surface area contributed by atoms with Crippen LogP contribution in [0.4, 0.5) is 14.5 Å². The van der Waals surface area contributed by atoms with E-state index in [9.17, 15) is 13.6 Å². The maximum Gasteiger partial charge on any atom is 0.338 e. The van der Waals surface area contributed by atoms with Crippen LogP contribution in [0.15, 0.2) is 36.4 Å². The van der Waals surface area contributed by atoms with Gasteiger partial charge in [0, 0.05) is 12.6 Å². The number of carboxylic acid groups (broad SMARTS) is 1. The van der Waals surface area contributed by atoms with Crippen molar-refractivity contribution in [1.82, 2.24) is 0 Å². The van der Waals surface area contributed by atoms with E-state index in [1.54, 1.807) is 31.4 Å². The van der Waals surface area contributed by atoms with E-state index in [2.05, 4.69) is 5.32 Å². The Kier molecular flexibility index (Phi) is 4.37. The Hall–Kier alpha value is -2.63. The highest BCUT2D eigenvalue weighted by Gasteiger charge is 2.15. The molecule has 0 spiro atoms. The maximum atomic E-state index is 13.6. The average molecular weight is 293 g/mol. The van der Waals surface area contributed by atoms with Gasteiger partial charge >= 0.3 is 5.97 Å². The van der Waals surface area contributed by atoms with Gasteiger partial charge in [-0.05, 0) is 23.8 Å². The van der Waals surface area contributed by atoms with Crippen molar-refractivity contribution in [2.24, 2.45) is 0 Å². The molecule has 0 saturated carbocycles. The van der Waals surface area contributed by atoms with Crippen LogP contribution in [-0.2, 0) is 6.54 Å². The molecule has 4 nitrogen and oxygen atoms in total. The van der Waals surface area contributed by atoms with E-state index in [0.717, 1.165) is 11.6 Å². The largest absolute Gasteiger partial charge is 0.497 e. The predicted molar refractivity (Wildman–Crippen MR) is 73.6 cm³/mol. The van der Waals surface area contributed by atoms with Crippen LogP contribution < -0.4 is 10.1 Å². The first-order valence-electron chi connectivity index (χ1n) is 6.10. The first-order chi connectivity index (χ1) is 10.0. The molecule has 0 unspecified atom stereocenters. The van der Waals surface area contributed by atoms with Crippen LogP contribution >= 0.6 is 0 Å². The number of hydrogen-bond donors (Lipinski definition) is 2. The number of methoxy groups -OCH3 is 1. The van der Waals surface area contributed by atoms with Crippen LogP contribution in [0.5, 0.6) is 5.75 Å². The third-order valence-corrected chi connectivity index (χ3v) is 2.93. The Morgan fingerprint density at radius 1 is 1.19 bits per heavy atom. The van der Waals surface area contributed by atoms with Crippen LogP contribution in [0, 0.1) is 11.6 Å². The summed E-state index contributed by atoms with van der Waals surface area (Å²) in [4.78, 5) is 10.8. The van der Waals surface area contributed by atoms with Gasteiger partial charge in [0.2, 0.25) is 0 Å². The second-order valence-electron chi connectivity index (χ2n) is 4.32. The lowest BCUT2D eigenvalue weighted by Gasteiger charge is -2.10. The minimum Gasteiger partial charge on any atom is -0.497 e. The summed E-state index contributed by atoms with van der Waals surface area (Å²) >= 11 is 0. The quantitative estimate of drug-likeness (QED) is 0.888. The van der Waals surface area contributed by atoms with Gasteiger partial charge in [0.15, 0.2) is 0 Å². The fourth-order valence-electron chi connectivity index (χ4n) is 1.79. The molecule has 0 saturated heterocycles. The van der Waals surface area contributed by atoms with E-state index >= 15 is 0 Å². The second-order valence-corrected chi connectivity index (χ2v) is 4.32. The van der Waals surface area contributed by atoms with Crippen LogP contribution in [0.25, 0.3) is 0 Å². The number of hydrogen-bond acceptors (Lipinski definition) is 3. The van der Waals surface area contributed by atoms with E-state index in [1.807, 2.05) is 0 Å². The Morgan fingerprint density at radius 3 is 2.43 bits per heavy atom. The van der Waals surface area contributed by atoms with Crippen molar-refractivity contribution < 1.29 is 23.4 Å². The van der Waals surface area contributed by atoms with Gasteiger partial charge in [-0.15, -0.1) is 0 Å². The van der Waals surface area contributed by atoms with Crippen LogP contribution in [0.3, 0.4) is 0 Å². The molecule has 0 radical (unpaired) electrons. The standard InChI is InChI=1S/C15H13F2NO3/c1-21-10-4-2-9(3-5-10)8-18-14-6-11(15(19)20)12(16)7-13(14)17/h2-7,18H,8H2,1H3,(H,19,20). The zero-order valence-corrected chi connectivity index (χ0v) is 11.2. The van der Waals surface area contributed by atoms with E-state index in [-0.39, 0.29) is 12.2 Å². The molecule has 2 N–H and O–H groups in total. The van der Waals surface area contributed by atoms with Crippen molar-refractivity contribution in [1.29, 1.82) is 0 Å². The lowest BCUT2D eigenvalue weighted by atomic mass is 10.1. The Bertz CT molecular complexity index is 657. The van der Waals surface area contributed by atoms with Gasteiger partial charge < -0.3 is 15.2 Å². The molecule has 0 bridgehead atoms. The summed E-state index contributed by atoms with van der Waals surface area (Å²) in [6.45, 7) is 0.269. The first-order valence-corrected chi connectivity index (χ1v) is 6.10. The predicted octanol–water partition coefficient (Wildman–Crippen LogP) is 3.28. The lowest BCUT2D eigenvalue weighted by molar-refractivity contribution is 0.0692. The van der Waals surface area contributed by atoms with E-state index in [0.29, 0.717) is 11.8 Å². The summed E-state index contributed by atoms with van der Waals surface area (Å²) in [5.41, 5.74) is 0.203. The third kappa shape index (κ3) is 3.47. The highest BCUT2D eigenvalue weighted by atomic mass is 19.1. The number of benzene rings is 2. The molecule has 0 amide bonds. The minimum absolute atomic E-state index is 0.0652. The normalized spacial score (nSPS) is 10.2. The number of anilines is 1. The third-order valence-electron chi connectivity index (χ3n) is 2.93. The molecule has 2 rings (SSSR count). The van der Waals surface area contributed by atoms with Gasteiger partial charge in [0.25, 0.3) is 0 Å². The molecule has 0 aromatic heterocycles. The van der Waals surface area contributed by atoms with E-state index in [4.69, 9.17) is 9.84 Å². The van der Waals surface area contributed by atoms with Crippen molar-refractivity contribution in [3.8, 4) is 5.75 Å². The molecule has 0 heterocycles. The summed E-state index contributed by atoms with van der Waals surface area (Å²) in [5.74, 6) is -2.69. The zero-order chi connectivity index (χ0) is 15.4. The second kappa shape index (κ2) is 6.21. The number of halogens is 2.